The summed E-state index contributed by atoms with van der Waals surface area (Å²) in [6.45, 7) is 3.40. The predicted molar refractivity (Wildman–Crippen MR) is 93.1 cm³/mol. The van der Waals surface area contributed by atoms with Gasteiger partial charge in [0.25, 0.3) is 11.6 Å². The van der Waals surface area contributed by atoms with Crippen LogP contribution in [0.1, 0.15) is 39.5 Å². The van der Waals surface area contributed by atoms with E-state index in [0.29, 0.717) is 5.75 Å². The maximum atomic E-state index is 12.8. The van der Waals surface area contributed by atoms with Gasteiger partial charge in [-0.05, 0) is 37.7 Å². The SMILES string of the molecule is CC(C)C1Oc2ccc([N+](=O)[O-])cc2N(CC(=O)OC2CCCC2)C1=O. The molecule has 3 rings (SSSR count). The predicted octanol–water partition coefficient (Wildman–Crippen LogP) is 2.83. The van der Waals surface area contributed by atoms with E-state index in [0.717, 1.165) is 25.7 Å². The lowest BCUT2D eigenvalue weighted by atomic mass is 10.0. The number of amides is 1. The summed E-state index contributed by atoms with van der Waals surface area (Å²) in [6.07, 6.45) is 2.86. The number of esters is 1. The van der Waals surface area contributed by atoms with Gasteiger partial charge in [0.2, 0.25) is 0 Å². The molecule has 8 heteroatoms. The maximum absolute atomic E-state index is 12.8. The zero-order valence-corrected chi connectivity index (χ0v) is 14.8. The monoisotopic (exact) mass is 362 g/mol. The number of anilines is 1. The third kappa shape index (κ3) is 3.63. The first kappa shape index (κ1) is 18.2. The summed E-state index contributed by atoms with van der Waals surface area (Å²) in [5.74, 6) is -0.662. The van der Waals surface area contributed by atoms with Gasteiger partial charge in [0, 0.05) is 12.1 Å². The van der Waals surface area contributed by atoms with E-state index in [1.165, 1.54) is 23.1 Å². The number of carbonyl (C=O) groups is 2. The van der Waals surface area contributed by atoms with E-state index < -0.39 is 22.9 Å². The minimum Gasteiger partial charge on any atom is -0.478 e. The van der Waals surface area contributed by atoms with Crippen molar-refractivity contribution in [1.82, 2.24) is 0 Å². The Bertz CT molecular complexity index is 726. The zero-order valence-electron chi connectivity index (χ0n) is 14.8. The van der Waals surface area contributed by atoms with Gasteiger partial charge in [0.05, 0.1) is 10.6 Å². The molecule has 1 atom stereocenters. The van der Waals surface area contributed by atoms with Crippen LogP contribution >= 0.6 is 0 Å². The van der Waals surface area contributed by atoms with Gasteiger partial charge >= 0.3 is 5.97 Å². The van der Waals surface area contributed by atoms with E-state index in [4.69, 9.17) is 9.47 Å². The van der Waals surface area contributed by atoms with E-state index in [2.05, 4.69) is 0 Å². The standard InChI is InChI=1S/C18H22N2O6/c1-11(2)17-18(22)19(10-16(21)25-13-5-3-4-6-13)14-9-12(20(23)24)7-8-15(14)26-17/h7-9,11,13,17H,3-6,10H2,1-2H3. The number of fused-ring (bicyclic) bond motifs is 1. The van der Waals surface area contributed by atoms with Gasteiger partial charge in [-0.1, -0.05) is 13.8 Å². The van der Waals surface area contributed by atoms with E-state index in [1.807, 2.05) is 13.8 Å². The Morgan fingerprint density at radius 1 is 1.38 bits per heavy atom. The van der Waals surface area contributed by atoms with Gasteiger partial charge in [0.1, 0.15) is 18.4 Å². The second kappa shape index (κ2) is 7.31. The molecule has 0 radical (unpaired) electrons. The van der Waals surface area contributed by atoms with Crippen molar-refractivity contribution < 1.29 is 24.0 Å². The molecule has 0 aromatic heterocycles. The van der Waals surface area contributed by atoms with Crippen molar-refractivity contribution >= 4 is 23.3 Å². The van der Waals surface area contributed by atoms with Gasteiger partial charge in [-0.2, -0.15) is 0 Å². The number of hydrogen-bond donors (Lipinski definition) is 0. The van der Waals surface area contributed by atoms with Crippen molar-refractivity contribution in [1.29, 1.82) is 0 Å². The average molecular weight is 362 g/mol. The smallest absolute Gasteiger partial charge is 0.326 e. The molecule has 1 heterocycles. The Morgan fingerprint density at radius 3 is 2.69 bits per heavy atom. The molecule has 1 fully saturated rings. The first-order chi connectivity index (χ1) is 12.4. The number of nitro benzene ring substituents is 1. The molecule has 1 amide bonds. The molecular formula is C18H22N2O6. The number of hydrogen-bond acceptors (Lipinski definition) is 6. The molecule has 1 aromatic carbocycles. The summed E-state index contributed by atoms with van der Waals surface area (Å²) < 4.78 is 11.2. The number of ether oxygens (including phenoxy) is 2. The third-order valence-electron chi connectivity index (χ3n) is 4.70. The molecule has 0 bridgehead atoms. The van der Waals surface area contributed by atoms with Gasteiger partial charge in [0.15, 0.2) is 6.10 Å². The normalized spacial score (nSPS) is 20.0. The quantitative estimate of drug-likeness (QED) is 0.454. The van der Waals surface area contributed by atoms with E-state index in [9.17, 15) is 19.7 Å². The van der Waals surface area contributed by atoms with Gasteiger partial charge in [-0.25, -0.2) is 0 Å². The minimum atomic E-state index is -0.747. The Hall–Kier alpha value is -2.64. The summed E-state index contributed by atoms with van der Waals surface area (Å²) in [6, 6.07) is 4.04. The van der Waals surface area contributed by atoms with Crippen molar-refractivity contribution in [3.05, 3.63) is 28.3 Å². The van der Waals surface area contributed by atoms with Crippen LogP contribution in [0.3, 0.4) is 0 Å². The molecule has 0 spiro atoms. The molecule has 1 saturated carbocycles. The van der Waals surface area contributed by atoms with Crippen LogP contribution in [0.2, 0.25) is 0 Å². The number of non-ortho nitro benzene ring substituents is 1. The Morgan fingerprint density at radius 2 is 2.08 bits per heavy atom. The molecule has 0 N–H and O–H groups in total. The average Bonchev–Trinajstić information content (AvgIpc) is 3.09. The second-order valence-electron chi connectivity index (χ2n) is 7.01. The van der Waals surface area contributed by atoms with Crippen LogP contribution in [0.4, 0.5) is 11.4 Å². The van der Waals surface area contributed by atoms with Crippen LogP contribution in [0.15, 0.2) is 18.2 Å². The van der Waals surface area contributed by atoms with E-state index in [-0.39, 0.29) is 29.9 Å². The Labute approximate surface area is 151 Å². The van der Waals surface area contributed by atoms with Crippen LogP contribution in [-0.4, -0.2) is 35.6 Å². The lowest BCUT2D eigenvalue weighted by molar-refractivity contribution is -0.384. The molecule has 8 nitrogen and oxygen atoms in total. The number of nitrogens with zero attached hydrogens (tertiary/aromatic N) is 2. The van der Waals surface area contributed by atoms with Gasteiger partial charge < -0.3 is 9.47 Å². The molecule has 140 valence electrons. The fourth-order valence-corrected chi connectivity index (χ4v) is 3.33. The van der Waals surface area contributed by atoms with Crippen LogP contribution in [0.5, 0.6) is 5.75 Å². The summed E-state index contributed by atoms with van der Waals surface area (Å²) in [5, 5.41) is 11.1. The molecule has 26 heavy (non-hydrogen) atoms. The van der Waals surface area contributed by atoms with Crippen molar-refractivity contribution in [3.63, 3.8) is 0 Å². The minimum absolute atomic E-state index is 0.107. The molecule has 0 saturated heterocycles. The van der Waals surface area contributed by atoms with Crippen LogP contribution < -0.4 is 9.64 Å². The van der Waals surface area contributed by atoms with Crippen molar-refractivity contribution in [2.24, 2.45) is 5.92 Å². The molecular weight excluding hydrogens is 340 g/mol. The zero-order chi connectivity index (χ0) is 18.8. The highest BCUT2D eigenvalue weighted by atomic mass is 16.6. The van der Waals surface area contributed by atoms with Gasteiger partial charge in [-0.15, -0.1) is 0 Å². The Kier molecular flexibility index (Phi) is 5.11. The molecule has 1 aliphatic carbocycles. The molecule has 1 aromatic rings. The highest BCUT2D eigenvalue weighted by Crippen LogP contribution is 2.38. The molecule has 1 unspecified atom stereocenters. The molecule has 2 aliphatic rings. The first-order valence-electron chi connectivity index (χ1n) is 8.82. The second-order valence-corrected chi connectivity index (χ2v) is 7.01. The summed E-state index contributed by atoms with van der Waals surface area (Å²) in [5.41, 5.74) is 0.0572. The third-order valence-corrected chi connectivity index (χ3v) is 4.70. The fourth-order valence-electron chi connectivity index (χ4n) is 3.33. The summed E-state index contributed by atoms with van der Waals surface area (Å²) in [7, 11) is 0. The van der Waals surface area contributed by atoms with Crippen molar-refractivity contribution in [2.45, 2.75) is 51.7 Å². The van der Waals surface area contributed by atoms with Crippen LogP contribution in [0, 0.1) is 16.0 Å². The van der Waals surface area contributed by atoms with Crippen LogP contribution in [-0.2, 0) is 14.3 Å². The lowest BCUT2D eigenvalue weighted by Gasteiger charge is -2.35. The highest BCUT2D eigenvalue weighted by molar-refractivity contribution is 6.03. The van der Waals surface area contributed by atoms with Crippen molar-refractivity contribution in [2.75, 3.05) is 11.4 Å². The van der Waals surface area contributed by atoms with E-state index >= 15 is 0 Å². The topological polar surface area (TPSA) is 99.0 Å². The highest BCUT2D eigenvalue weighted by Gasteiger charge is 2.38. The van der Waals surface area contributed by atoms with Gasteiger partial charge in [-0.3, -0.25) is 24.6 Å². The lowest BCUT2D eigenvalue weighted by Crippen LogP contribution is -2.50. The van der Waals surface area contributed by atoms with E-state index in [1.54, 1.807) is 0 Å². The number of nitro groups is 1. The van der Waals surface area contributed by atoms with Crippen molar-refractivity contribution in [3.8, 4) is 5.75 Å². The van der Waals surface area contributed by atoms with Crippen LogP contribution in [0.25, 0.3) is 0 Å². The molecule has 1 aliphatic heterocycles. The number of benzene rings is 1. The number of rotatable bonds is 5. The first-order valence-corrected chi connectivity index (χ1v) is 8.82. The fraction of sp³-hybridized carbons (Fsp3) is 0.556. The number of carbonyl (C=O) groups excluding carboxylic acids is 2. The summed E-state index contributed by atoms with van der Waals surface area (Å²) in [4.78, 5) is 36.9. The Balaban J connectivity index is 1.87. The maximum Gasteiger partial charge on any atom is 0.326 e. The summed E-state index contributed by atoms with van der Waals surface area (Å²) >= 11 is 0. The largest absolute Gasteiger partial charge is 0.478 e.